The lowest BCUT2D eigenvalue weighted by molar-refractivity contribution is -0.0370. The number of ether oxygens (including phenoxy) is 1. The molecule has 2 heterocycles. The molecule has 0 spiro atoms. The normalized spacial score (nSPS) is 35.3. The zero-order valence-electron chi connectivity index (χ0n) is 8.19. The van der Waals surface area contributed by atoms with E-state index in [-0.39, 0.29) is 4.87 Å². The van der Waals surface area contributed by atoms with Crippen molar-refractivity contribution >= 4 is 22.5 Å². The molecule has 2 aliphatic heterocycles. The molecule has 4 heteroatoms. The summed E-state index contributed by atoms with van der Waals surface area (Å²) in [5.74, 6) is 0. The third-order valence-electron chi connectivity index (χ3n) is 3.09. The molecule has 0 aromatic carbocycles. The summed E-state index contributed by atoms with van der Waals surface area (Å²) >= 11 is 4.35. The van der Waals surface area contributed by atoms with Crippen molar-refractivity contribution in [2.45, 2.75) is 43.6 Å². The molecule has 0 N–H and O–H groups in total. The van der Waals surface area contributed by atoms with Gasteiger partial charge in [-0.3, -0.25) is 4.90 Å². The Hall–Kier alpha value is 0.620. The number of hydrogen-bond acceptors (Lipinski definition) is 4. The Bertz CT molecular complexity index is 182. The highest BCUT2D eigenvalue weighted by molar-refractivity contribution is 8.69. The van der Waals surface area contributed by atoms with Crippen molar-refractivity contribution in [1.82, 2.24) is 4.90 Å². The van der Waals surface area contributed by atoms with Gasteiger partial charge in [0.25, 0.3) is 0 Å². The lowest BCUT2D eigenvalue weighted by atomic mass is 10.2. The number of rotatable bonds is 2. The lowest BCUT2D eigenvalue weighted by Crippen LogP contribution is -2.54. The van der Waals surface area contributed by atoms with Crippen LogP contribution in [0.1, 0.15) is 26.7 Å². The van der Waals surface area contributed by atoms with Gasteiger partial charge in [0.2, 0.25) is 0 Å². The molecule has 2 bridgehead atoms. The number of thiol groups is 1. The van der Waals surface area contributed by atoms with Crippen molar-refractivity contribution in [1.29, 1.82) is 0 Å². The van der Waals surface area contributed by atoms with Gasteiger partial charge >= 0.3 is 0 Å². The fourth-order valence-electron chi connectivity index (χ4n) is 2.55. The molecule has 0 aliphatic carbocycles. The molecule has 2 saturated heterocycles. The van der Waals surface area contributed by atoms with E-state index < -0.39 is 0 Å². The van der Waals surface area contributed by atoms with Crippen LogP contribution in [0.15, 0.2) is 0 Å². The Labute approximate surface area is 89.2 Å². The second kappa shape index (κ2) is 3.65. The molecule has 13 heavy (non-hydrogen) atoms. The van der Waals surface area contributed by atoms with Crippen LogP contribution in [0, 0.1) is 0 Å². The van der Waals surface area contributed by atoms with E-state index >= 15 is 0 Å². The number of morpholine rings is 1. The molecule has 2 nitrogen and oxygen atoms in total. The largest absolute Gasteiger partial charge is 0.378 e. The van der Waals surface area contributed by atoms with Gasteiger partial charge in [0.1, 0.15) is 0 Å². The van der Waals surface area contributed by atoms with E-state index in [1.165, 1.54) is 12.8 Å². The molecular formula is C9H17NOS2. The van der Waals surface area contributed by atoms with Crippen LogP contribution in [0.5, 0.6) is 0 Å². The minimum absolute atomic E-state index is 0.152. The molecular weight excluding hydrogens is 202 g/mol. The van der Waals surface area contributed by atoms with E-state index in [1.54, 1.807) is 10.8 Å². The number of hydrogen-bond donors (Lipinski definition) is 1. The second-order valence-corrected chi connectivity index (χ2v) is 6.10. The predicted molar refractivity (Wildman–Crippen MR) is 60.1 cm³/mol. The van der Waals surface area contributed by atoms with E-state index in [4.69, 9.17) is 4.74 Å². The lowest BCUT2D eigenvalue weighted by Gasteiger charge is -2.44. The average Bonchev–Trinajstić information content (AvgIpc) is 2.39. The Balaban J connectivity index is 2.14. The molecule has 0 aromatic heterocycles. The van der Waals surface area contributed by atoms with Crippen LogP contribution in [-0.4, -0.2) is 35.1 Å². The molecule has 76 valence electrons. The summed E-state index contributed by atoms with van der Waals surface area (Å²) in [6.45, 7) is 6.32. The molecule has 0 radical (unpaired) electrons. The summed E-state index contributed by atoms with van der Waals surface area (Å²) in [6, 6.07) is 1.27. The van der Waals surface area contributed by atoms with Crippen molar-refractivity contribution in [3.8, 4) is 0 Å². The zero-order valence-corrected chi connectivity index (χ0v) is 9.90. The zero-order chi connectivity index (χ0) is 9.47. The minimum atomic E-state index is 0.152. The third kappa shape index (κ3) is 1.74. The summed E-state index contributed by atoms with van der Waals surface area (Å²) in [7, 11) is 1.65. The first-order chi connectivity index (χ1) is 6.15. The highest BCUT2D eigenvalue weighted by Gasteiger charge is 2.44. The maximum absolute atomic E-state index is 5.55. The van der Waals surface area contributed by atoms with Crippen molar-refractivity contribution in [3.63, 3.8) is 0 Å². The molecule has 2 fully saturated rings. The maximum Gasteiger partial charge on any atom is 0.0720 e. The Morgan fingerprint density at radius 1 is 1.31 bits per heavy atom. The van der Waals surface area contributed by atoms with Gasteiger partial charge in [0, 0.05) is 12.1 Å². The standard InChI is InChI=1S/C9H17NOS2/c1-9(2,13-12)10-7-3-4-8(10)6-11-5-7/h7-8,12H,3-6H2,1-2H3. The Morgan fingerprint density at radius 2 is 1.85 bits per heavy atom. The monoisotopic (exact) mass is 219 g/mol. The fraction of sp³-hybridized carbons (Fsp3) is 1.00. The minimum Gasteiger partial charge on any atom is -0.378 e. The van der Waals surface area contributed by atoms with Gasteiger partial charge in [0.05, 0.1) is 18.1 Å². The smallest absolute Gasteiger partial charge is 0.0720 e. The maximum atomic E-state index is 5.55. The van der Waals surface area contributed by atoms with E-state index in [1.807, 2.05) is 0 Å². The molecule has 2 rings (SSSR count). The van der Waals surface area contributed by atoms with Crippen molar-refractivity contribution in [3.05, 3.63) is 0 Å². The van der Waals surface area contributed by atoms with Crippen molar-refractivity contribution in [2.24, 2.45) is 0 Å². The third-order valence-corrected chi connectivity index (χ3v) is 5.08. The van der Waals surface area contributed by atoms with Crippen LogP contribution < -0.4 is 0 Å². The number of nitrogens with zero attached hydrogens (tertiary/aromatic N) is 1. The molecule has 0 amide bonds. The number of fused-ring (bicyclic) bond motifs is 2. The predicted octanol–water partition coefficient (Wildman–Crippen LogP) is 2.16. The van der Waals surface area contributed by atoms with E-state index in [0.717, 1.165) is 13.2 Å². The summed E-state index contributed by atoms with van der Waals surface area (Å²) in [5.41, 5.74) is 0. The van der Waals surface area contributed by atoms with Gasteiger partial charge in [-0.05, 0) is 26.7 Å². The second-order valence-electron chi connectivity index (χ2n) is 4.37. The molecule has 0 aromatic rings. The first kappa shape index (κ1) is 10.1. The van der Waals surface area contributed by atoms with E-state index in [0.29, 0.717) is 12.1 Å². The highest BCUT2D eigenvalue weighted by Crippen LogP contribution is 2.41. The highest BCUT2D eigenvalue weighted by atomic mass is 33.1. The van der Waals surface area contributed by atoms with Crippen LogP contribution in [0.25, 0.3) is 0 Å². The quantitative estimate of drug-likeness (QED) is 0.565. The van der Waals surface area contributed by atoms with Crippen LogP contribution in [-0.2, 0) is 4.74 Å². The van der Waals surface area contributed by atoms with Gasteiger partial charge in [-0.1, -0.05) is 10.8 Å². The van der Waals surface area contributed by atoms with Gasteiger partial charge in [-0.2, -0.15) is 0 Å². The van der Waals surface area contributed by atoms with Crippen LogP contribution in [0.2, 0.25) is 0 Å². The topological polar surface area (TPSA) is 12.5 Å². The van der Waals surface area contributed by atoms with Crippen LogP contribution >= 0.6 is 22.5 Å². The van der Waals surface area contributed by atoms with Crippen LogP contribution in [0.3, 0.4) is 0 Å². The van der Waals surface area contributed by atoms with E-state index in [2.05, 4.69) is 30.4 Å². The average molecular weight is 219 g/mol. The molecule has 2 unspecified atom stereocenters. The van der Waals surface area contributed by atoms with Gasteiger partial charge in [-0.25, -0.2) is 0 Å². The summed E-state index contributed by atoms with van der Waals surface area (Å²) < 4.78 is 5.55. The Morgan fingerprint density at radius 3 is 2.31 bits per heavy atom. The summed E-state index contributed by atoms with van der Waals surface area (Å²) in [4.78, 5) is 2.74. The SMILES string of the molecule is CC(C)(SS)N1C2CCC1COC2. The van der Waals surface area contributed by atoms with E-state index in [9.17, 15) is 0 Å². The fourth-order valence-corrected chi connectivity index (χ4v) is 3.23. The summed E-state index contributed by atoms with van der Waals surface area (Å²) in [5, 5.41) is 0. The van der Waals surface area contributed by atoms with Gasteiger partial charge < -0.3 is 4.74 Å². The van der Waals surface area contributed by atoms with Crippen molar-refractivity contribution < 1.29 is 4.74 Å². The Kier molecular flexibility index (Phi) is 2.85. The summed E-state index contributed by atoms with van der Waals surface area (Å²) in [6.07, 6.45) is 2.59. The van der Waals surface area contributed by atoms with Crippen LogP contribution in [0.4, 0.5) is 0 Å². The first-order valence-corrected chi connectivity index (χ1v) is 6.71. The van der Waals surface area contributed by atoms with Gasteiger partial charge in [-0.15, -0.1) is 11.7 Å². The first-order valence-electron chi connectivity index (χ1n) is 4.84. The molecule has 0 saturated carbocycles. The molecule has 2 aliphatic rings. The van der Waals surface area contributed by atoms with Gasteiger partial charge in [0.15, 0.2) is 0 Å². The van der Waals surface area contributed by atoms with Crippen molar-refractivity contribution in [2.75, 3.05) is 13.2 Å². The molecule has 2 atom stereocenters.